The number of hydrogen-bond acceptors (Lipinski definition) is 1. The molecule has 22 heavy (non-hydrogen) atoms. The van der Waals surface area contributed by atoms with Crippen LogP contribution in [-0.4, -0.2) is 4.98 Å². The molecule has 0 spiro atoms. The van der Waals surface area contributed by atoms with E-state index in [1.807, 2.05) is 12.4 Å². The third-order valence-corrected chi connectivity index (χ3v) is 4.17. The van der Waals surface area contributed by atoms with Crippen LogP contribution in [-0.2, 0) is 6.54 Å². The molecule has 1 aliphatic rings. The van der Waals surface area contributed by atoms with Crippen LogP contribution in [0.1, 0.15) is 11.1 Å². The van der Waals surface area contributed by atoms with E-state index in [0.717, 1.165) is 12.1 Å². The summed E-state index contributed by atoms with van der Waals surface area (Å²) in [5.41, 5.74) is 4.93. The number of quaternary nitrogens is 1. The average molecular weight is 284 g/mol. The van der Waals surface area contributed by atoms with Gasteiger partial charge in [0.15, 0.2) is 5.69 Å². The van der Waals surface area contributed by atoms with Crippen LogP contribution in [0.4, 0.5) is 11.4 Å². The van der Waals surface area contributed by atoms with Crippen LogP contribution >= 0.6 is 0 Å². The minimum atomic E-state index is 0.655. The zero-order valence-electron chi connectivity index (χ0n) is 12.2. The van der Waals surface area contributed by atoms with Crippen molar-refractivity contribution in [1.82, 2.24) is 9.47 Å². The van der Waals surface area contributed by atoms with Gasteiger partial charge in [0.2, 0.25) is 0 Å². The third kappa shape index (κ3) is 2.05. The topological polar surface area (TPSA) is 12.9 Å². The molecular weight excluding hydrogens is 268 g/mol. The van der Waals surface area contributed by atoms with E-state index in [9.17, 15) is 0 Å². The molecule has 0 N–H and O–H groups in total. The minimum Gasteiger partial charge on any atom is -0.264 e. The fourth-order valence-electron chi connectivity index (χ4n) is 3.11. The van der Waals surface area contributed by atoms with Crippen molar-refractivity contribution < 1.29 is 0 Å². The SMILES string of the molecule is [C]1=C[N+](Cc2ccccc2)(c2ccncc2)c2ccccc21. The lowest BCUT2D eigenvalue weighted by Crippen LogP contribution is -2.36. The fourth-order valence-corrected chi connectivity index (χ4v) is 3.11. The summed E-state index contributed by atoms with van der Waals surface area (Å²) in [6, 6.07) is 23.2. The average Bonchev–Trinajstić information content (AvgIpc) is 2.97. The summed E-state index contributed by atoms with van der Waals surface area (Å²) in [5, 5.41) is 0. The van der Waals surface area contributed by atoms with Crippen molar-refractivity contribution in [2.75, 3.05) is 0 Å². The second kappa shape index (κ2) is 5.24. The molecule has 0 bridgehead atoms. The zero-order chi connectivity index (χ0) is 14.8. The lowest BCUT2D eigenvalue weighted by atomic mass is 10.1. The van der Waals surface area contributed by atoms with Gasteiger partial charge in [0.1, 0.15) is 18.4 Å². The Labute approximate surface area is 130 Å². The smallest absolute Gasteiger partial charge is 0.150 e. The van der Waals surface area contributed by atoms with Gasteiger partial charge < -0.3 is 0 Å². The predicted molar refractivity (Wildman–Crippen MR) is 89.2 cm³/mol. The first-order valence-electron chi connectivity index (χ1n) is 7.41. The maximum atomic E-state index is 4.17. The molecule has 2 nitrogen and oxygen atoms in total. The second-order valence-electron chi connectivity index (χ2n) is 5.51. The molecule has 2 aromatic carbocycles. The highest BCUT2D eigenvalue weighted by Crippen LogP contribution is 2.43. The van der Waals surface area contributed by atoms with E-state index in [-0.39, 0.29) is 0 Å². The van der Waals surface area contributed by atoms with E-state index in [1.165, 1.54) is 16.9 Å². The molecule has 2 heterocycles. The quantitative estimate of drug-likeness (QED) is 0.641. The number of para-hydroxylation sites is 1. The van der Waals surface area contributed by atoms with Gasteiger partial charge >= 0.3 is 0 Å². The van der Waals surface area contributed by atoms with Gasteiger partial charge in [-0.1, -0.05) is 42.5 Å². The number of rotatable bonds is 3. The van der Waals surface area contributed by atoms with E-state index < -0.39 is 0 Å². The number of aromatic nitrogens is 1. The maximum absolute atomic E-state index is 4.17. The summed E-state index contributed by atoms with van der Waals surface area (Å²) >= 11 is 0. The van der Waals surface area contributed by atoms with Gasteiger partial charge in [0, 0.05) is 41.7 Å². The lowest BCUT2D eigenvalue weighted by Gasteiger charge is -2.32. The normalized spacial score (nSPS) is 19.1. The van der Waals surface area contributed by atoms with Crippen LogP contribution in [0, 0.1) is 6.08 Å². The molecule has 0 saturated heterocycles. The van der Waals surface area contributed by atoms with Crippen LogP contribution < -0.4 is 4.48 Å². The molecule has 4 rings (SSSR count). The zero-order valence-corrected chi connectivity index (χ0v) is 12.2. The second-order valence-corrected chi connectivity index (χ2v) is 5.51. The Bertz CT molecular complexity index is 809. The number of benzene rings is 2. The van der Waals surface area contributed by atoms with Crippen LogP contribution in [0.25, 0.3) is 0 Å². The molecule has 1 atom stereocenters. The lowest BCUT2D eigenvalue weighted by molar-refractivity contribution is 0.505. The number of hydrogen-bond donors (Lipinski definition) is 0. The molecule has 1 unspecified atom stereocenters. The molecule has 105 valence electrons. The molecular formula is C20H16N2+. The minimum absolute atomic E-state index is 0.655. The van der Waals surface area contributed by atoms with Crippen molar-refractivity contribution in [3.8, 4) is 0 Å². The number of nitrogens with zero attached hydrogens (tertiary/aromatic N) is 2. The predicted octanol–water partition coefficient (Wildman–Crippen LogP) is 4.60. The third-order valence-electron chi connectivity index (χ3n) is 4.17. The Morgan fingerprint density at radius 1 is 0.818 bits per heavy atom. The molecule has 0 amide bonds. The fraction of sp³-hybridized carbons (Fsp3) is 0.0500. The first-order valence-corrected chi connectivity index (χ1v) is 7.41. The van der Waals surface area contributed by atoms with E-state index in [4.69, 9.17) is 0 Å². The summed E-state index contributed by atoms with van der Waals surface area (Å²) in [7, 11) is 0. The number of pyridine rings is 1. The van der Waals surface area contributed by atoms with Gasteiger partial charge in [-0.15, -0.1) is 0 Å². The van der Waals surface area contributed by atoms with E-state index in [0.29, 0.717) is 4.48 Å². The molecule has 2 heteroatoms. The molecule has 0 aliphatic carbocycles. The van der Waals surface area contributed by atoms with E-state index in [2.05, 4.69) is 84.0 Å². The first kappa shape index (κ1) is 13.0. The maximum Gasteiger partial charge on any atom is 0.150 e. The molecule has 3 aromatic rings. The molecule has 1 radical (unpaired) electrons. The summed E-state index contributed by atoms with van der Waals surface area (Å²) in [5.74, 6) is 0. The highest BCUT2D eigenvalue weighted by molar-refractivity contribution is 5.69. The summed E-state index contributed by atoms with van der Waals surface area (Å²) in [4.78, 5) is 4.17. The summed E-state index contributed by atoms with van der Waals surface area (Å²) in [6.45, 7) is 0.870. The highest BCUT2D eigenvalue weighted by atomic mass is 15.4. The Hall–Kier alpha value is -2.71. The summed E-state index contributed by atoms with van der Waals surface area (Å²) < 4.78 is 0.655. The Morgan fingerprint density at radius 2 is 1.55 bits per heavy atom. The van der Waals surface area contributed by atoms with Gasteiger partial charge in [0.25, 0.3) is 0 Å². The van der Waals surface area contributed by atoms with Gasteiger partial charge in [-0.25, -0.2) is 4.48 Å². The molecule has 0 fully saturated rings. The molecule has 1 aromatic heterocycles. The standard InChI is InChI=1S/C20H16N2/c1-2-6-17(7-3-1)16-22(19-10-13-21-14-11-19)15-12-18-8-4-5-9-20(18)22/h1-11,13-15H,16H2/q+1. The highest BCUT2D eigenvalue weighted by Gasteiger charge is 2.37. The van der Waals surface area contributed by atoms with Crippen LogP contribution in [0.3, 0.4) is 0 Å². The van der Waals surface area contributed by atoms with Crippen molar-refractivity contribution in [3.63, 3.8) is 0 Å². The van der Waals surface area contributed by atoms with Crippen LogP contribution in [0.5, 0.6) is 0 Å². The van der Waals surface area contributed by atoms with Crippen molar-refractivity contribution in [2.24, 2.45) is 0 Å². The van der Waals surface area contributed by atoms with Gasteiger partial charge in [0.05, 0.1) is 6.08 Å². The van der Waals surface area contributed by atoms with Crippen LogP contribution in [0.2, 0.25) is 0 Å². The van der Waals surface area contributed by atoms with Crippen molar-refractivity contribution in [1.29, 1.82) is 0 Å². The first-order chi connectivity index (χ1) is 10.9. The molecule has 1 aliphatic heterocycles. The number of fused-ring (bicyclic) bond motifs is 1. The Balaban J connectivity index is 1.89. The molecule has 0 saturated carbocycles. The van der Waals surface area contributed by atoms with Crippen molar-refractivity contribution >= 4 is 11.4 Å². The largest absolute Gasteiger partial charge is 0.264 e. The van der Waals surface area contributed by atoms with Crippen molar-refractivity contribution in [2.45, 2.75) is 6.54 Å². The Morgan fingerprint density at radius 3 is 2.36 bits per heavy atom. The van der Waals surface area contributed by atoms with E-state index >= 15 is 0 Å². The van der Waals surface area contributed by atoms with Crippen molar-refractivity contribution in [3.05, 3.63) is 103 Å². The Kier molecular flexibility index (Phi) is 3.10. The van der Waals surface area contributed by atoms with Gasteiger partial charge in [-0.3, -0.25) is 4.98 Å². The van der Waals surface area contributed by atoms with Gasteiger partial charge in [-0.2, -0.15) is 0 Å². The summed E-state index contributed by atoms with van der Waals surface area (Å²) in [6.07, 6.45) is 9.31. The van der Waals surface area contributed by atoms with E-state index in [1.54, 1.807) is 0 Å². The van der Waals surface area contributed by atoms with Gasteiger partial charge in [-0.05, 0) is 6.07 Å². The monoisotopic (exact) mass is 284 g/mol. The van der Waals surface area contributed by atoms with Crippen LogP contribution in [0.15, 0.2) is 85.3 Å².